The van der Waals surface area contributed by atoms with E-state index in [1.165, 1.54) is 0 Å². The van der Waals surface area contributed by atoms with E-state index in [-0.39, 0.29) is 17.7 Å². The number of nitrogens with zero attached hydrogens (tertiary/aromatic N) is 2. The van der Waals surface area contributed by atoms with Gasteiger partial charge in [-0.3, -0.25) is 4.79 Å². The van der Waals surface area contributed by atoms with E-state index in [9.17, 15) is 4.79 Å². The van der Waals surface area contributed by atoms with Gasteiger partial charge in [0.05, 0.1) is 6.07 Å². The highest BCUT2D eigenvalue weighted by Crippen LogP contribution is 2.22. The molecule has 1 aliphatic heterocycles. The number of rotatable bonds is 1. The van der Waals surface area contributed by atoms with Gasteiger partial charge in [0, 0.05) is 18.5 Å². The first kappa shape index (κ1) is 9.79. The second kappa shape index (κ2) is 3.61. The van der Waals surface area contributed by atoms with Gasteiger partial charge in [-0.15, -0.1) is 0 Å². The Balaban J connectivity index is 2.61. The summed E-state index contributed by atoms with van der Waals surface area (Å²) in [6.45, 7) is 5.51. The molecule has 3 heteroatoms. The lowest BCUT2D eigenvalue weighted by Crippen LogP contribution is -2.40. The van der Waals surface area contributed by atoms with Crippen molar-refractivity contribution in [3.05, 3.63) is 12.2 Å². The number of hydrogen-bond acceptors (Lipinski definition) is 2. The Labute approximate surface area is 78.6 Å². The third-order valence-electron chi connectivity index (χ3n) is 2.08. The van der Waals surface area contributed by atoms with Gasteiger partial charge in [0.1, 0.15) is 6.42 Å². The predicted molar refractivity (Wildman–Crippen MR) is 49.7 cm³/mol. The molecular formula is C10H14N2O. The molecule has 70 valence electrons. The van der Waals surface area contributed by atoms with Gasteiger partial charge in [0.15, 0.2) is 0 Å². The molecule has 0 unspecified atom stereocenters. The minimum absolute atomic E-state index is 0.0100. The normalized spacial score (nSPS) is 19.6. The Morgan fingerprint density at radius 1 is 1.69 bits per heavy atom. The van der Waals surface area contributed by atoms with Gasteiger partial charge in [-0.25, -0.2) is 0 Å². The molecule has 1 heterocycles. The highest BCUT2D eigenvalue weighted by atomic mass is 16.2. The van der Waals surface area contributed by atoms with Crippen LogP contribution in [0.1, 0.15) is 20.3 Å². The monoisotopic (exact) mass is 178 g/mol. The maximum atomic E-state index is 11.4. The van der Waals surface area contributed by atoms with E-state index >= 15 is 0 Å². The van der Waals surface area contributed by atoms with E-state index < -0.39 is 0 Å². The number of carbonyl (C=O) groups is 1. The zero-order chi connectivity index (χ0) is 9.90. The predicted octanol–water partition coefficient (Wildman–Crippen LogP) is 1.32. The highest BCUT2D eigenvalue weighted by molar-refractivity contribution is 5.78. The van der Waals surface area contributed by atoms with Gasteiger partial charge in [-0.1, -0.05) is 26.0 Å². The number of amides is 1. The molecule has 1 amide bonds. The summed E-state index contributed by atoms with van der Waals surface area (Å²) in [5, 5.41) is 8.38. The molecule has 0 radical (unpaired) electrons. The molecule has 0 spiro atoms. The van der Waals surface area contributed by atoms with E-state index in [1.807, 2.05) is 12.1 Å². The van der Waals surface area contributed by atoms with Crippen LogP contribution < -0.4 is 0 Å². The van der Waals surface area contributed by atoms with Crippen LogP contribution in [0.2, 0.25) is 0 Å². The number of hydrogen-bond donors (Lipinski definition) is 0. The molecule has 0 fully saturated rings. The van der Waals surface area contributed by atoms with E-state index in [0.717, 1.165) is 0 Å². The van der Waals surface area contributed by atoms with Crippen molar-refractivity contribution < 1.29 is 4.79 Å². The number of nitriles is 1. The molecule has 0 aromatic rings. The van der Waals surface area contributed by atoms with Crippen LogP contribution in [0.4, 0.5) is 0 Å². The van der Waals surface area contributed by atoms with Crippen molar-refractivity contribution in [2.45, 2.75) is 20.3 Å². The van der Waals surface area contributed by atoms with Crippen molar-refractivity contribution in [1.82, 2.24) is 4.90 Å². The smallest absolute Gasteiger partial charge is 0.237 e. The lowest BCUT2D eigenvalue weighted by atomic mass is 9.90. The minimum atomic E-state index is -0.0695. The van der Waals surface area contributed by atoms with E-state index in [4.69, 9.17) is 5.26 Å². The first-order chi connectivity index (χ1) is 6.05. The van der Waals surface area contributed by atoms with Crippen molar-refractivity contribution in [2.24, 2.45) is 5.41 Å². The van der Waals surface area contributed by atoms with Crippen molar-refractivity contribution >= 4 is 5.91 Å². The second-order valence-electron chi connectivity index (χ2n) is 4.00. The maximum absolute atomic E-state index is 11.4. The molecule has 3 nitrogen and oxygen atoms in total. The Bertz CT molecular complexity index is 273. The van der Waals surface area contributed by atoms with Crippen LogP contribution in [0.25, 0.3) is 0 Å². The Hall–Kier alpha value is -1.30. The molecule has 0 saturated heterocycles. The van der Waals surface area contributed by atoms with Gasteiger partial charge >= 0.3 is 0 Å². The SMILES string of the molecule is CC1(C)C=CCN(C(=O)CC#N)C1. The maximum Gasteiger partial charge on any atom is 0.237 e. The summed E-state index contributed by atoms with van der Waals surface area (Å²) in [6.07, 6.45) is 4.09. The van der Waals surface area contributed by atoms with Crippen molar-refractivity contribution in [1.29, 1.82) is 5.26 Å². The molecule has 0 N–H and O–H groups in total. The van der Waals surface area contributed by atoms with Gasteiger partial charge in [0.2, 0.25) is 5.91 Å². The van der Waals surface area contributed by atoms with Crippen LogP contribution in [-0.2, 0) is 4.79 Å². The molecule has 1 rings (SSSR count). The van der Waals surface area contributed by atoms with Gasteiger partial charge < -0.3 is 4.90 Å². The van der Waals surface area contributed by atoms with Crippen LogP contribution in [0.15, 0.2) is 12.2 Å². The third kappa shape index (κ3) is 2.59. The van der Waals surface area contributed by atoms with Gasteiger partial charge in [0.25, 0.3) is 0 Å². The summed E-state index contributed by atoms with van der Waals surface area (Å²) in [5.74, 6) is -0.0695. The van der Waals surface area contributed by atoms with E-state index in [0.29, 0.717) is 13.1 Å². The van der Waals surface area contributed by atoms with Gasteiger partial charge in [-0.2, -0.15) is 5.26 Å². The quantitative estimate of drug-likeness (QED) is 0.568. The highest BCUT2D eigenvalue weighted by Gasteiger charge is 2.24. The zero-order valence-electron chi connectivity index (χ0n) is 8.08. The molecule has 0 aromatic carbocycles. The summed E-state index contributed by atoms with van der Waals surface area (Å²) in [5.41, 5.74) is 0.0450. The summed E-state index contributed by atoms with van der Waals surface area (Å²) in [7, 11) is 0. The lowest BCUT2D eigenvalue weighted by Gasteiger charge is -2.33. The Morgan fingerprint density at radius 2 is 2.38 bits per heavy atom. The molecule has 0 bridgehead atoms. The summed E-state index contributed by atoms with van der Waals surface area (Å²) >= 11 is 0. The first-order valence-corrected chi connectivity index (χ1v) is 4.37. The van der Waals surface area contributed by atoms with Crippen molar-refractivity contribution in [3.8, 4) is 6.07 Å². The first-order valence-electron chi connectivity index (χ1n) is 4.37. The molecule has 0 atom stereocenters. The average Bonchev–Trinajstić information content (AvgIpc) is 2.03. The van der Waals surface area contributed by atoms with Crippen molar-refractivity contribution in [3.63, 3.8) is 0 Å². The Morgan fingerprint density at radius 3 is 2.92 bits per heavy atom. The standard InChI is InChI=1S/C10H14N2O/c1-10(2)5-3-7-12(8-10)9(13)4-6-11/h3,5H,4,7-8H2,1-2H3. The summed E-state index contributed by atoms with van der Waals surface area (Å²) < 4.78 is 0. The molecule has 1 aliphatic rings. The average molecular weight is 178 g/mol. The molecular weight excluding hydrogens is 164 g/mol. The topological polar surface area (TPSA) is 44.1 Å². The van der Waals surface area contributed by atoms with Crippen LogP contribution in [0.3, 0.4) is 0 Å². The minimum Gasteiger partial charge on any atom is -0.337 e. The fourth-order valence-corrected chi connectivity index (χ4v) is 1.48. The van der Waals surface area contributed by atoms with E-state index in [2.05, 4.69) is 19.9 Å². The fraction of sp³-hybridized carbons (Fsp3) is 0.600. The number of carbonyl (C=O) groups excluding carboxylic acids is 1. The summed E-state index contributed by atoms with van der Waals surface area (Å²) in [6, 6.07) is 1.88. The Kier molecular flexibility index (Phi) is 2.72. The van der Waals surface area contributed by atoms with Crippen molar-refractivity contribution in [2.75, 3.05) is 13.1 Å². The lowest BCUT2D eigenvalue weighted by molar-refractivity contribution is -0.130. The van der Waals surface area contributed by atoms with Gasteiger partial charge in [-0.05, 0) is 0 Å². The molecule has 0 saturated carbocycles. The largest absolute Gasteiger partial charge is 0.337 e. The molecule has 0 aliphatic carbocycles. The van der Waals surface area contributed by atoms with Crippen LogP contribution >= 0.6 is 0 Å². The molecule has 13 heavy (non-hydrogen) atoms. The third-order valence-corrected chi connectivity index (χ3v) is 2.08. The zero-order valence-corrected chi connectivity index (χ0v) is 8.08. The molecule has 0 aromatic heterocycles. The fourth-order valence-electron chi connectivity index (χ4n) is 1.48. The van der Waals surface area contributed by atoms with E-state index in [1.54, 1.807) is 4.90 Å². The van der Waals surface area contributed by atoms with Crippen LogP contribution in [0.5, 0.6) is 0 Å². The second-order valence-corrected chi connectivity index (χ2v) is 4.00. The van der Waals surface area contributed by atoms with Crippen LogP contribution in [-0.4, -0.2) is 23.9 Å². The summed E-state index contributed by atoms with van der Waals surface area (Å²) in [4.78, 5) is 13.1. The van der Waals surface area contributed by atoms with Crippen LogP contribution in [0, 0.1) is 16.7 Å².